The molecule has 14 heavy (non-hydrogen) atoms. The molecule has 0 aliphatic carbocycles. The smallest absolute Gasteiger partial charge is 0.206 e. The second-order valence-electron chi connectivity index (χ2n) is 2.94. The highest BCUT2D eigenvalue weighted by molar-refractivity contribution is 6.40. The third-order valence-corrected chi connectivity index (χ3v) is 1.78. The van der Waals surface area contributed by atoms with E-state index >= 15 is 0 Å². The fourth-order valence-electron chi connectivity index (χ4n) is 0.984. The summed E-state index contributed by atoms with van der Waals surface area (Å²) < 4.78 is 1.51. The van der Waals surface area contributed by atoms with Gasteiger partial charge in [0.15, 0.2) is 11.6 Å². The van der Waals surface area contributed by atoms with Gasteiger partial charge in [0.05, 0.1) is 6.42 Å². The van der Waals surface area contributed by atoms with Gasteiger partial charge in [-0.1, -0.05) is 0 Å². The Labute approximate surface area is 80.7 Å². The Morgan fingerprint density at radius 1 is 1.43 bits per heavy atom. The summed E-state index contributed by atoms with van der Waals surface area (Å²) in [5.41, 5.74) is 0. The molecule has 0 amide bonds. The normalized spacial score (nSPS) is 9.86. The molecule has 1 heterocycles. The van der Waals surface area contributed by atoms with Crippen molar-refractivity contribution in [1.29, 1.82) is 0 Å². The summed E-state index contributed by atoms with van der Waals surface area (Å²) in [7, 11) is 1.65. The molecule has 1 rings (SSSR count). The Kier molecular flexibility index (Phi) is 2.91. The molecule has 0 spiro atoms. The average Bonchev–Trinajstić information content (AvgIpc) is 2.51. The maximum absolute atomic E-state index is 11.4. The Balaban J connectivity index is 2.74. The monoisotopic (exact) mass is 194 g/mol. The maximum Gasteiger partial charge on any atom is 0.206 e. The zero-order valence-corrected chi connectivity index (χ0v) is 7.98. The van der Waals surface area contributed by atoms with Crippen LogP contribution in [0.25, 0.3) is 0 Å². The van der Waals surface area contributed by atoms with Crippen LogP contribution in [0.1, 0.15) is 24.0 Å². The molecule has 0 unspecified atom stereocenters. The van der Waals surface area contributed by atoms with Crippen LogP contribution in [-0.2, 0) is 16.6 Å². The van der Waals surface area contributed by atoms with Gasteiger partial charge in [0.25, 0.3) is 0 Å². The third-order valence-electron chi connectivity index (χ3n) is 1.78. The van der Waals surface area contributed by atoms with E-state index in [4.69, 9.17) is 0 Å². The number of carbonyl (C=O) groups excluding carboxylic acids is 3. The summed E-state index contributed by atoms with van der Waals surface area (Å²) in [5.74, 6) is -1.53. The minimum atomic E-state index is -0.682. The van der Waals surface area contributed by atoms with Gasteiger partial charge in [-0.3, -0.25) is 14.4 Å². The maximum atomic E-state index is 11.4. The molecule has 1 aromatic heterocycles. The molecular formula is C9H10N2O3. The number of nitrogens with zero attached hydrogens (tertiary/aromatic N) is 2. The van der Waals surface area contributed by atoms with Crippen molar-refractivity contribution in [1.82, 2.24) is 9.55 Å². The molecule has 0 aromatic carbocycles. The second-order valence-corrected chi connectivity index (χ2v) is 2.94. The van der Waals surface area contributed by atoms with Crippen LogP contribution in [0.3, 0.4) is 0 Å². The van der Waals surface area contributed by atoms with Crippen molar-refractivity contribution in [3.05, 3.63) is 18.2 Å². The largest absolute Gasteiger partial charge is 0.332 e. The standard InChI is InChI=1S/C9H10N2O3/c1-6(12)7(13)5-8(14)9-10-3-4-11(9)2/h3-4H,5H2,1-2H3. The number of hydrogen-bond acceptors (Lipinski definition) is 4. The topological polar surface area (TPSA) is 69.0 Å². The number of rotatable bonds is 4. The van der Waals surface area contributed by atoms with E-state index in [1.807, 2.05) is 0 Å². The molecule has 0 N–H and O–H groups in total. The average molecular weight is 194 g/mol. The van der Waals surface area contributed by atoms with E-state index in [0.717, 1.165) is 6.92 Å². The van der Waals surface area contributed by atoms with Gasteiger partial charge in [0.2, 0.25) is 11.6 Å². The molecule has 0 bridgehead atoms. The SMILES string of the molecule is CC(=O)C(=O)CC(=O)c1nccn1C. The lowest BCUT2D eigenvalue weighted by molar-refractivity contribution is -0.134. The first-order valence-corrected chi connectivity index (χ1v) is 4.06. The number of imidazole rings is 1. The molecule has 74 valence electrons. The third kappa shape index (κ3) is 2.12. The molecule has 0 saturated heterocycles. The first-order chi connectivity index (χ1) is 6.52. The summed E-state index contributed by atoms with van der Waals surface area (Å²) in [4.78, 5) is 36.7. The molecule has 0 fully saturated rings. The van der Waals surface area contributed by atoms with Crippen LogP contribution >= 0.6 is 0 Å². The van der Waals surface area contributed by atoms with Crippen molar-refractivity contribution in [3.8, 4) is 0 Å². The van der Waals surface area contributed by atoms with E-state index in [1.54, 1.807) is 13.2 Å². The lowest BCUT2D eigenvalue weighted by atomic mass is 10.1. The Morgan fingerprint density at radius 2 is 2.07 bits per heavy atom. The summed E-state index contributed by atoms with van der Waals surface area (Å²) in [6, 6.07) is 0. The molecule has 0 radical (unpaired) electrons. The van der Waals surface area contributed by atoms with E-state index in [2.05, 4.69) is 4.98 Å². The van der Waals surface area contributed by atoms with E-state index in [1.165, 1.54) is 10.8 Å². The Morgan fingerprint density at radius 3 is 2.50 bits per heavy atom. The molecule has 5 heteroatoms. The number of hydrogen-bond donors (Lipinski definition) is 0. The lowest BCUT2D eigenvalue weighted by Crippen LogP contribution is -2.17. The molecule has 5 nitrogen and oxygen atoms in total. The van der Waals surface area contributed by atoms with Gasteiger partial charge in [-0.25, -0.2) is 4.98 Å². The van der Waals surface area contributed by atoms with Gasteiger partial charge in [0, 0.05) is 26.4 Å². The van der Waals surface area contributed by atoms with Crippen LogP contribution in [0.4, 0.5) is 0 Å². The molecule has 1 aromatic rings. The summed E-state index contributed by atoms with van der Waals surface area (Å²) in [6.07, 6.45) is 2.66. The second kappa shape index (κ2) is 3.95. The predicted octanol–water partition coefficient (Wildman–Crippen LogP) is 0.151. The zero-order chi connectivity index (χ0) is 10.7. The van der Waals surface area contributed by atoms with Gasteiger partial charge >= 0.3 is 0 Å². The van der Waals surface area contributed by atoms with E-state index < -0.39 is 23.8 Å². The van der Waals surface area contributed by atoms with E-state index in [-0.39, 0.29) is 5.82 Å². The minimum absolute atomic E-state index is 0.194. The number of carbonyl (C=O) groups is 3. The van der Waals surface area contributed by atoms with Crippen molar-refractivity contribution in [2.75, 3.05) is 0 Å². The molecule has 0 atom stereocenters. The van der Waals surface area contributed by atoms with Crippen LogP contribution in [0.15, 0.2) is 12.4 Å². The minimum Gasteiger partial charge on any atom is -0.332 e. The number of aromatic nitrogens is 2. The number of aryl methyl sites for hydroxylation is 1. The van der Waals surface area contributed by atoms with Crippen LogP contribution in [0.5, 0.6) is 0 Å². The number of ketones is 3. The summed E-state index contributed by atoms with van der Waals surface area (Å²) in [6.45, 7) is 1.15. The molecular weight excluding hydrogens is 184 g/mol. The van der Waals surface area contributed by atoms with Gasteiger partial charge < -0.3 is 4.57 Å². The van der Waals surface area contributed by atoms with Gasteiger partial charge in [0.1, 0.15) is 0 Å². The van der Waals surface area contributed by atoms with Crippen molar-refractivity contribution < 1.29 is 14.4 Å². The molecule has 0 aliphatic rings. The zero-order valence-electron chi connectivity index (χ0n) is 7.98. The van der Waals surface area contributed by atoms with Crippen molar-refractivity contribution in [3.63, 3.8) is 0 Å². The van der Waals surface area contributed by atoms with Crippen LogP contribution in [0.2, 0.25) is 0 Å². The predicted molar refractivity (Wildman–Crippen MR) is 47.8 cm³/mol. The molecule has 0 saturated carbocycles. The summed E-state index contributed by atoms with van der Waals surface area (Å²) in [5, 5.41) is 0. The van der Waals surface area contributed by atoms with Gasteiger partial charge in [-0.05, 0) is 0 Å². The van der Waals surface area contributed by atoms with Crippen molar-refractivity contribution >= 4 is 17.3 Å². The first-order valence-electron chi connectivity index (χ1n) is 4.06. The molecule has 0 aliphatic heterocycles. The van der Waals surface area contributed by atoms with Gasteiger partial charge in [-0.15, -0.1) is 0 Å². The van der Waals surface area contributed by atoms with Crippen LogP contribution in [0, 0.1) is 0 Å². The fourth-order valence-corrected chi connectivity index (χ4v) is 0.984. The Bertz CT molecular complexity index is 393. The van der Waals surface area contributed by atoms with Crippen molar-refractivity contribution in [2.24, 2.45) is 7.05 Å². The quantitative estimate of drug-likeness (QED) is 0.388. The number of Topliss-reactive ketones (excluding diaryl/α,β-unsaturated/α-hetero) is 3. The highest BCUT2D eigenvalue weighted by Gasteiger charge is 2.17. The van der Waals surface area contributed by atoms with Crippen molar-refractivity contribution in [2.45, 2.75) is 13.3 Å². The van der Waals surface area contributed by atoms with Gasteiger partial charge in [-0.2, -0.15) is 0 Å². The highest BCUT2D eigenvalue weighted by atomic mass is 16.2. The lowest BCUT2D eigenvalue weighted by Gasteiger charge is -1.98. The van der Waals surface area contributed by atoms with E-state index in [0.29, 0.717) is 0 Å². The highest BCUT2D eigenvalue weighted by Crippen LogP contribution is 2.00. The van der Waals surface area contributed by atoms with Crippen LogP contribution < -0.4 is 0 Å². The first kappa shape index (κ1) is 10.3. The van der Waals surface area contributed by atoms with Crippen LogP contribution in [-0.4, -0.2) is 26.9 Å². The fraction of sp³-hybridized carbons (Fsp3) is 0.333. The Hall–Kier alpha value is -1.78. The van der Waals surface area contributed by atoms with E-state index in [9.17, 15) is 14.4 Å². The summed E-state index contributed by atoms with van der Waals surface area (Å²) >= 11 is 0.